The van der Waals surface area contributed by atoms with Gasteiger partial charge in [-0.25, -0.2) is 4.79 Å². The highest BCUT2D eigenvalue weighted by molar-refractivity contribution is 5.95. The summed E-state index contributed by atoms with van der Waals surface area (Å²) in [6.45, 7) is 1.83. The van der Waals surface area contributed by atoms with Crippen LogP contribution < -0.4 is 9.47 Å². The van der Waals surface area contributed by atoms with Crippen LogP contribution in [0.15, 0.2) is 12.1 Å². The van der Waals surface area contributed by atoms with Crippen molar-refractivity contribution in [3.05, 3.63) is 27.9 Å². The molecule has 1 aromatic carbocycles. The molecular formula is C13H14N4O6. The number of carbonyl (C=O) groups excluding carboxylic acids is 1. The van der Waals surface area contributed by atoms with E-state index < -0.39 is 10.9 Å². The molecule has 1 heterocycles. The first-order chi connectivity index (χ1) is 11.0. The molecule has 0 saturated carbocycles. The maximum atomic E-state index is 11.9. The number of H-pyrrole nitrogens is 1. The number of nitro groups is 1. The van der Waals surface area contributed by atoms with E-state index in [9.17, 15) is 14.9 Å². The SMILES string of the molecule is CCOC(=O)c1n[nH]nc1-c1cc(OC)c([N+](=O)[O-])cc1OC. The van der Waals surface area contributed by atoms with E-state index in [2.05, 4.69) is 15.4 Å². The third kappa shape index (κ3) is 3.05. The lowest BCUT2D eigenvalue weighted by molar-refractivity contribution is -0.385. The summed E-state index contributed by atoms with van der Waals surface area (Å²) in [6.07, 6.45) is 0. The number of methoxy groups -OCH3 is 2. The summed E-state index contributed by atoms with van der Waals surface area (Å²) < 4.78 is 15.1. The fourth-order valence-electron chi connectivity index (χ4n) is 1.97. The van der Waals surface area contributed by atoms with Gasteiger partial charge in [0.15, 0.2) is 11.4 Å². The van der Waals surface area contributed by atoms with Gasteiger partial charge in [-0.3, -0.25) is 10.1 Å². The molecule has 0 atom stereocenters. The van der Waals surface area contributed by atoms with E-state index in [4.69, 9.17) is 14.2 Å². The van der Waals surface area contributed by atoms with E-state index in [0.29, 0.717) is 5.56 Å². The van der Waals surface area contributed by atoms with Crippen LogP contribution in [0.2, 0.25) is 0 Å². The second-order valence-electron chi connectivity index (χ2n) is 4.22. The Bertz CT molecular complexity index is 742. The van der Waals surface area contributed by atoms with Crippen molar-refractivity contribution in [1.29, 1.82) is 0 Å². The zero-order valence-electron chi connectivity index (χ0n) is 12.7. The van der Waals surface area contributed by atoms with Gasteiger partial charge in [0.25, 0.3) is 0 Å². The van der Waals surface area contributed by atoms with Crippen LogP contribution in [0.25, 0.3) is 11.3 Å². The largest absolute Gasteiger partial charge is 0.496 e. The molecule has 0 saturated heterocycles. The van der Waals surface area contributed by atoms with Gasteiger partial charge in [0.1, 0.15) is 11.4 Å². The molecule has 0 bridgehead atoms. The van der Waals surface area contributed by atoms with E-state index in [-0.39, 0.29) is 35.2 Å². The minimum absolute atomic E-state index is 0.00334. The third-order valence-corrected chi connectivity index (χ3v) is 2.97. The van der Waals surface area contributed by atoms with Crippen LogP contribution in [0, 0.1) is 10.1 Å². The molecule has 23 heavy (non-hydrogen) atoms. The fraction of sp³-hybridized carbons (Fsp3) is 0.308. The molecule has 122 valence electrons. The summed E-state index contributed by atoms with van der Waals surface area (Å²) in [5, 5.41) is 21.1. The van der Waals surface area contributed by atoms with Gasteiger partial charge >= 0.3 is 11.7 Å². The van der Waals surface area contributed by atoms with Gasteiger partial charge in [-0.15, -0.1) is 5.10 Å². The van der Waals surface area contributed by atoms with E-state index in [0.717, 1.165) is 0 Å². The van der Waals surface area contributed by atoms with Crippen molar-refractivity contribution in [3.63, 3.8) is 0 Å². The molecule has 10 heteroatoms. The number of aromatic nitrogens is 3. The Kier molecular flexibility index (Phi) is 4.74. The summed E-state index contributed by atoms with van der Waals surface area (Å²) in [5.41, 5.74) is 0.135. The van der Waals surface area contributed by atoms with E-state index in [1.165, 1.54) is 26.4 Å². The van der Waals surface area contributed by atoms with Crippen molar-refractivity contribution in [2.75, 3.05) is 20.8 Å². The zero-order chi connectivity index (χ0) is 17.0. The Morgan fingerprint density at radius 3 is 2.52 bits per heavy atom. The Labute approximate surface area is 130 Å². The predicted octanol–water partition coefficient (Wildman–Crippen LogP) is 1.57. The summed E-state index contributed by atoms with van der Waals surface area (Å²) in [6, 6.07) is 2.55. The van der Waals surface area contributed by atoms with Crippen LogP contribution in [-0.4, -0.2) is 47.1 Å². The molecule has 2 rings (SSSR count). The van der Waals surface area contributed by atoms with E-state index >= 15 is 0 Å². The number of nitrogens with zero attached hydrogens (tertiary/aromatic N) is 3. The minimum Gasteiger partial charge on any atom is -0.496 e. The van der Waals surface area contributed by atoms with Crippen LogP contribution in [0.3, 0.4) is 0 Å². The second-order valence-corrected chi connectivity index (χ2v) is 4.22. The monoisotopic (exact) mass is 322 g/mol. The molecule has 0 aliphatic heterocycles. The number of hydrogen-bond acceptors (Lipinski definition) is 8. The Balaban J connectivity index is 2.62. The van der Waals surface area contributed by atoms with Crippen LogP contribution in [0.1, 0.15) is 17.4 Å². The molecule has 0 aliphatic rings. The molecule has 10 nitrogen and oxygen atoms in total. The molecule has 0 fully saturated rings. The maximum Gasteiger partial charge on any atom is 0.361 e. The van der Waals surface area contributed by atoms with Crippen LogP contribution in [0.4, 0.5) is 5.69 Å². The topological polar surface area (TPSA) is 129 Å². The average molecular weight is 322 g/mol. The van der Waals surface area contributed by atoms with Gasteiger partial charge in [0.2, 0.25) is 0 Å². The van der Waals surface area contributed by atoms with Crippen molar-refractivity contribution >= 4 is 11.7 Å². The van der Waals surface area contributed by atoms with E-state index in [1.807, 2.05) is 0 Å². The number of aromatic amines is 1. The highest BCUT2D eigenvalue weighted by Crippen LogP contribution is 2.39. The predicted molar refractivity (Wildman–Crippen MR) is 77.5 cm³/mol. The van der Waals surface area contributed by atoms with Crippen LogP contribution in [-0.2, 0) is 4.74 Å². The van der Waals surface area contributed by atoms with Gasteiger partial charge in [0, 0.05) is 6.07 Å². The summed E-state index contributed by atoms with van der Waals surface area (Å²) in [5.74, 6) is -0.517. The van der Waals surface area contributed by atoms with Crippen LogP contribution >= 0.6 is 0 Å². The number of nitro benzene ring substituents is 1. The van der Waals surface area contributed by atoms with Crippen molar-refractivity contribution in [2.24, 2.45) is 0 Å². The quantitative estimate of drug-likeness (QED) is 0.482. The molecule has 1 aromatic heterocycles. The van der Waals surface area contributed by atoms with Gasteiger partial charge < -0.3 is 14.2 Å². The number of carbonyl (C=O) groups is 1. The average Bonchev–Trinajstić information content (AvgIpc) is 3.03. The van der Waals surface area contributed by atoms with Gasteiger partial charge in [-0.2, -0.15) is 10.3 Å². The first-order valence-corrected chi connectivity index (χ1v) is 6.52. The normalized spacial score (nSPS) is 10.2. The van der Waals surface area contributed by atoms with Crippen LogP contribution in [0.5, 0.6) is 11.5 Å². The van der Waals surface area contributed by atoms with E-state index in [1.54, 1.807) is 6.92 Å². The second kappa shape index (κ2) is 6.73. The molecular weight excluding hydrogens is 308 g/mol. The Morgan fingerprint density at radius 2 is 1.96 bits per heavy atom. The molecule has 0 radical (unpaired) electrons. The first-order valence-electron chi connectivity index (χ1n) is 6.52. The Hall–Kier alpha value is -3.17. The van der Waals surface area contributed by atoms with Crippen molar-refractivity contribution in [1.82, 2.24) is 15.4 Å². The maximum absolute atomic E-state index is 11.9. The number of esters is 1. The lowest BCUT2D eigenvalue weighted by Crippen LogP contribution is -2.07. The number of nitrogens with one attached hydrogen (secondary N) is 1. The standard InChI is InChI=1S/C13H14N4O6/c1-4-23-13(18)12-11(14-16-15-12)7-5-10(22-3)8(17(19)20)6-9(7)21-2/h5-6H,4H2,1-3H3,(H,14,15,16). The van der Waals surface area contributed by atoms with Gasteiger partial charge in [-0.1, -0.05) is 0 Å². The molecule has 0 amide bonds. The van der Waals surface area contributed by atoms with Crippen molar-refractivity contribution in [2.45, 2.75) is 6.92 Å². The number of rotatable bonds is 6. The third-order valence-electron chi connectivity index (χ3n) is 2.97. The highest BCUT2D eigenvalue weighted by Gasteiger charge is 2.26. The minimum atomic E-state index is -0.671. The molecule has 1 N–H and O–H groups in total. The van der Waals surface area contributed by atoms with Gasteiger partial charge in [0.05, 0.1) is 37.4 Å². The highest BCUT2D eigenvalue weighted by atomic mass is 16.6. The molecule has 0 spiro atoms. The lowest BCUT2D eigenvalue weighted by Gasteiger charge is -2.10. The zero-order valence-corrected chi connectivity index (χ0v) is 12.7. The summed E-state index contributed by atoms with van der Waals surface area (Å²) in [4.78, 5) is 22.4. The van der Waals surface area contributed by atoms with Gasteiger partial charge in [-0.05, 0) is 6.92 Å². The number of hydrogen-bond donors (Lipinski definition) is 1. The molecule has 0 aliphatic carbocycles. The van der Waals surface area contributed by atoms with Crippen molar-refractivity contribution < 1.29 is 23.9 Å². The summed E-state index contributed by atoms with van der Waals surface area (Å²) in [7, 11) is 2.65. The Morgan fingerprint density at radius 1 is 1.26 bits per heavy atom. The molecule has 0 unspecified atom stereocenters. The molecule has 2 aromatic rings. The fourth-order valence-corrected chi connectivity index (χ4v) is 1.97. The van der Waals surface area contributed by atoms with Crippen molar-refractivity contribution in [3.8, 4) is 22.8 Å². The lowest BCUT2D eigenvalue weighted by atomic mass is 10.1. The number of ether oxygens (including phenoxy) is 3. The summed E-state index contributed by atoms with van der Waals surface area (Å²) >= 11 is 0. The first kappa shape index (κ1) is 16.2. The smallest absolute Gasteiger partial charge is 0.361 e. The number of benzene rings is 1.